The van der Waals surface area contributed by atoms with E-state index in [1.54, 1.807) is 0 Å². The van der Waals surface area contributed by atoms with Crippen LogP contribution in [0.2, 0.25) is 0 Å². The lowest BCUT2D eigenvalue weighted by Crippen LogP contribution is -2.49. The molecule has 0 spiro atoms. The lowest BCUT2D eigenvalue weighted by molar-refractivity contribution is 0.112. The second-order valence-corrected chi connectivity index (χ2v) is 5.96. The average molecular weight is 325 g/mol. The van der Waals surface area contributed by atoms with Crippen LogP contribution in [0.25, 0.3) is 0 Å². The van der Waals surface area contributed by atoms with Crippen molar-refractivity contribution < 1.29 is 4.79 Å². The lowest BCUT2D eigenvalue weighted by Gasteiger charge is -2.39. The third-order valence-corrected chi connectivity index (χ3v) is 4.69. The van der Waals surface area contributed by atoms with Gasteiger partial charge in [0, 0.05) is 47.9 Å². The molecular weight excluding hydrogens is 304 g/mol. The highest BCUT2D eigenvalue weighted by Gasteiger charge is 2.20. The number of piperazine rings is 1. The molecule has 3 nitrogen and oxygen atoms in total. The fourth-order valence-corrected chi connectivity index (χ4v) is 2.95. The molecule has 1 unspecified atom stereocenters. The van der Waals surface area contributed by atoms with Crippen LogP contribution >= 0.6 is 15.9 Å². The van der Waals surface area contributed by atoms with Crippen molar-refractivity contribution in [1.29, 1.82) is 0 Å². The summed E-state index contributed by atoms with van der Waals surface area (Å²) in [7, 11) is 0. The summed E-state index contributed by atoms with van der Waals surface area (Å²) in [4.78, 5) is 15.7. The maximum atomic E-state index is 10.8. The van der Waals surface area contributed by atoms with E-state index in [2.05, 4.69) is 39.6 Å². The number of rotatable bonds is 4. The highest BCUT2D eigenvalue weighted by molar-refractivity contribution is 9.10. The minimum absolute atomic E-state index is 0.673. The summed E-state index contributed by atoms with van der Waals surface area (Å²) in [5.74, 6) is 0. The van der Waals surface area contributed by atoms with E-state index in [1.807, 2.05) is 18.2 Å². The van der Waals surface area contributed by atoms with Crippen molar-refractivity contribution in [2.75, 3.05) is 31.1 Å². The minimum Gasteiger partial charge on any atom is -0.369 e. The summed E-state index contributed by atoms with van der Waals surface area (Å²) < 4.78 is 0.879. The zero-order valence-electron chi connectivity index (χ0n) is 11.6. The number of carbonyl (C=O) groups is 1. The quantitative estimate of drug-likeness (QED) is 0.795. The molecule has 0 amide bonds. The van der Waals surface area contributed by atoms with E-state index in [4.69, 9.17) is 0 Å². The average Bonchev–Trinajstić information content (AvgIpc) is 2.46. The van der Waals surface area contributed by atoms with Crippen LogP contribution in [-0.4, -0.2) is 43.4 Å². The third kappa shape index (κ3) is 3.37. The number of halogens is 1. The van der Waals surface area contributed by atoms with Gasteiger partial charge in [0.15, 0.2) is 6.29 Å². The SMILES string of the molecule is CCC(C)N1CCN(c2ccc(C=O)c(Br)c2)CC1. The molecule has 1 fully saturated rings. The van der Waals surface area contributed by atoms with Crippen LogP contribution in [0.4, 0.5) is 5.69 Å². The molecule has 1 saturated heterocycles. The summed E-state index contributed by atoms with van der Waals surface area (Å²) in [5, 5.41) is 0. The van der Waals surface area contributed by atoms with Crippen LogP contribution in [0.15, 0.2) is 22.7 Å². The van der Waals surface area contributed by atoms with Gasteiger partial charge < -0.3 is 4.90 Å². The molecule has 104 valence electrons. The zero-order valence-corrected chi connectivity index (χ0v) is 13.2. The van der Waals surface area contributed by atoms with E-state index in [-0.39, 0.29) is 0 Å². The van der Waals surface area contributed by atoms with Gasteiger partial charge in [-0.05, 0) is 47.5 Å². The maximum absolute atomic E-state index is 10.8. The summed E-state index contributed by atoms with van der Waals surface area (Å²) in [6, 6.07) is 6.63. The molecule has 2 rings (SSSR count). The Labute approximate surface area is 123 Å². The zero-order chi connectivity index (χ0) is 13.8. The first kappa shape index (κ1) is 14.5. The summed E-state index contributed by atoms with van der Waals surface area (Å²) in [5.41, 5.74) is 1.91. The molecule has 1 aliphatic rings. The van der Waals surface area contributed by atoms with Crippen molar-refractivity contribution in [3.63, 3.8) is 0 Å². The highest BCUT2D eigenvalue weighted by atomic mass is 79.9. The molecule has 1 aromatic rings. The third-order valence-electron chi connectivity index (χ3n) is 4.00. The molecule has 1 atom stereocenters. The Morgan fingerprint density at radius 1 is 1.32 bits per heavy atom. The molecule has 1 heterocycles. The Hall–Kier alpha value is -0.870. The van der Waals surface area contributed by atoms with Crippen LogP contribution in [0, 0.1) is 0 Å². The van der Waals surface area contributed by atoms with E-state index in [0.717, 1.165) is 36.9 Å². The van der Waals surface area contributed by atoms with Crippen molar-refractivity contribution >= 4 is 27.9 Å². The predicted molar refractivity (Wildman–Crippen MR) is 83.1 cm³/mol. The first-order valence-corrected chi connectivity index (χ1v) is 7.68. The first-order chi connectivity index (χ1) is 9.15. The van der Waals surface area contributed by atoms with Crippen LogP contribution in [0.1, 0.15) is 30.6 Å². The van der Waals surface area contributed by atoms with Gasteiger partial charge in [-0.15, -0.1) is 0 Å². The second-order valence-electron chi connectivity index (χ2n) is 5.10. The minimum atomic E-state index is 0.673. The molecule has 19 heavy (non-hydrogen) atoms. The highest BCUT2D eigenvalue weighted by Crippen LogP contribution is 2.24. The van der Waals surface area contributed by atoms with Gasteiger partial charge >= 0.3 is 0 Å². The topological polar surface area (TPSA) is 23.6 Å². The number of aldehydes is 1. The number of hydrogen-bond acceptors (Lipinski definition) is 3. The summed E-state index contributed by atoms with van der Waals surface area (Å²) in [6.45, 7) is 8.87. The fraction of sp³-hybridized carbons (Fsp3) is 0.533. The molecular formula is C15H21BrN2O. The number of carbonyl (C=O) groups excluding carboxylic acids is 1. The number of anilines is 1. The van der Waals surface area contributed by atoms with Crippen LogP contribution in [-0.2, 0) is 0 Å². The van der Waals surface area contributed by atoms with Crippen molar-refractivity contribution in [3.8, 4) is 0 Å². The number of nitrogens with zero attached hydrogens (tertiary/aromatic N) is 2. The molecule has 4 heteroatoms. The van der Waals surface area contributed by atoms with Crippen molar-refractivity contribution in [2.24, 2.45) is 0 Å². The van der Waals surface area contributed by atoms with E-state index in [0.29, 0.717) is 11.6 Å². The molecule has 0 bridgehead atoms. The van der Waals surface area contributed by atoms with Gasteiger partial charge in [-0.3, -0.25) is 9.69 Å². The summed E-state index contributed by atoms with van der Waals surface area (Å²) >= 11 is 3.45. The fourth-order valence-electron chi connectivity index (χ4n) is 2.49. The van der Waals surface area contributed by atoms with Gasteiger partial charge in [-0.25, -0.2) is 0 Å². The second kappa shape index (κ2) is 6.53. The number of benzene rings is 1. The Morgan fingerprint density at radius 3 is 2.53 bits per heavy atom. The summed E-state index contributed by atoms with van der Waals surface area (Å²) in [6.07, 6.45) is 2.09. The number of hydrogen-bond donors (Lipinski definition) is 0. The van der Waals surface area contributed by atoms with Crippen molar-refractivity contribution in [2.45, 2.75) is 26.3 Å². The molecule has 0 aliphatic carbocycles. The van der Waals surface area contributed by atoms with Crippen LogP contribution < -0.4 is 4.90 Å². The normalized spacial score (nSPS) is 18.4. The van der Waals surface area contributed by atoms with Gasteiger partial charge in [-0.2, -0.15) is 0 Å². The Balaban J connectivity index is 2.01. The molecule has 0 saturated carbocycles. The van der Waals surface area contributed by atoms with E-state index in [9.17, 15) is 4.79 Å². The van der Waals surface area contributed by atoms with Gasteiger partial charge in [0.1, 0.15) is 0 Å². The van der Waals surface area contributed by atoms with Gasteiger partial charge in [0.2, 0.25) is 0 Å². The van der Waals surface area contributed by atoms with Crippen molar-refractivity contribution in [3.05, 3.63) is 28.2 Å². The van der Waals surface area contributed by atoms with Crippen LogP contribution in [0.5, 0.6) is 0 Å². The lowest BCUT2D eigenvalue weighted by atomic mass is 10.1. The van der Waals surface area contributed by atoms with Gasteiger partial charge in [-0.1, -0.05) is 6.92 Å². The first-order valence-electron chi connectivity index (χ1n) is 6.89. The Kier molecular flexibility index (Phi) is 4.99. The van der Waals surface area contributed by atoms with Gasteiger partial charge in [0.25, 0.3) is 0 Å². The van der Waals surface area contributed by atoms with E-state index >= 15 is 0 Å². The van der Waals surface area contributed by atoms with E-state index in [1.165, 1.54) is 12.1 Å². The maximum Gasteiger partial charge on any atom is 0.151 e. The van der Waals surface area contributed by atoms with E-state index < -0.39 is 0 Å². The van der Waals surface area contributed by atoms with Gasteiger partial charge in [0.05, 0.1) is 0 Å². The van der Waals surface area contributed by atoms with Crippen molar-refractivity contribution in [1.82, 2.24) is 4.90 Å². The standard InChI is InChI=1S/C15H21BrN2O/c1-3-12(2)17-6-8-18(9-7-17)14-5-4-13(11-19)15(16)10-14/h4-5,10-12H,3,6-9H2,1-2H3. The molecule has 1 aromatic carbocycles. The molecule has 1 aliphatic heterocycles. The molecule has 0 N–H and O–H groups in total. The largest absolute Gasteiger partial charge is 0.369 e. The van der Waals surface area contributed by atoms with Crippen LogP contribution in [0.3, 0.4) is 0 Å². The monoisotopic (exact) mass is 324 g/mol. The predicted octanol–water partition coefficient (Wildman–Crippen LogP) is 3.18. The Morgan fingerprint density at radius 2 is 2.00 bits per heavy atom. The smallest absolute Gasteiger partial charge is 0.151 e. The molecule has 0 radical (unpaired) electrons. The Bertz CT molecular complexity index is 442. The molecule has 0 aromatic heterocycles.